The van der Waals surface area contributed by atoms with Crippen LogP contribution in [0.5, 0.6) is 17.2 Å². The molecule has 9 nitrogen and oxygen atoms in total. The molecule has 38 heavy (non-hydrogen) atoms. The van der Waals surface area contributed by atoms with Crippen molar-refractivity contribution >= 4 is 11.8 Å². The largest absolute Gasteiger partial charge is 0.504 e. The highest BCUT2D eigenvalue weighted by atomic mass is 19.4. The van der Waals surface area contributed by atoms with Gasteiger partial charge in [0.25, 0.3) is 0 Å². The van der Waals surface area contributed by atoms with E-state index in [0.29, 0.717) is 17.1 Å². The van der Waals surface area contributed by atoms with Crippen LogP contribution in [0.4, 0.5) is 23.7 Å². The van der Waals surface area contributed by atoms with Gasteiger partial charge in [-0.3, -0.25) is 4.90 Å². The number of anilines is 1. The van der Waals surface area contributed by atoms with Gasteiger partial charge >= 0.3 is 12.3 Å². The average Bonchev–Trinajstić information content (AvgIpc) is 2.88. The summed E-state index contributed by atoms with van der Waals surface area (Å²) in [6, 6.07) is 8.01. The highest BCUT2D eigenvalue weighted by Gasteiger charge is 2.46. The van der Waals surface area contributed by atoms with E-state index in [1.807, 2.05) is 0 Å². The minimum absolute atomic E-state index is 0.0295. The second kappa shape index (κ2) is 10.0. The third kappa shape index (κ3) is 5.03. The number of nitrogens with two attached hydrogens (primary N) is 1. The maximum absolute atomic E-state index is 13.6. The highest BCUT2D eigenvalue weighted by Crippen LogP contribution is 2.47. The molecular weight excluding hydrogens is 505 g/mol. The van der Waals surface area contributed by atoms with Crippen molar-refractivity contribution in [3.63, 3.8) is 0 Å². The minimum atomic E-state index is -4.65. The Kier molecular flexibility index (Phi) is 7.11. The number of nitrogens with zero attached hydrogens (tertiary/aromatic N) is 3. The van der Waals surface area contributed by atoms with Gasteiger partial charge in [-0.15, -0.1) is 0 Å². The number of rotatable bonds is 6. The Morgan fingerprint density at radius 3 is 2.39 bits per heavy atom. The molecule has 4 N–H and O–H groups in total. The quantitative estimate of drug-likeness (QED) is 0.409. The van der Waals surface area contributed by atoms with Gasteiger partial charge in [-0.05, 0) is 54.3 Å². The van der Waals surface area contributed by atoms with Crippen LogP contribution >= 0.6 is 0 Å². The first-order valence-corrected chi connectivity index (χ1v) is 11.7. The van der Waals surface area contributed by atoms with E-state index in [2.05, 4.69) is 9.97 Å². The molecule has 0 unspecified atom stereocenters. The monoisotopic (exact) mass is 532 g/mol. The molecule has 202 valence electrons. The van der Waals surface area contributed by atoms with Crippen LogP contribution in [0.25, 0.3) is 0 Å². The summed E-state index contributed by atoms with van der Waals surface area (Å²) in [5.74, 6) is 0.0862. The Balaban J connectivity index is 1.84. The van der Waals surface area contributed by atoms with Crippen molar-refractivity contribution in [3.05, 3.63) is 70.8 Å². The number of ether oxygens (including phenoxy) is 2. The van der Waals surface area contributed by atoms with Crippen molar-refractivity contribution in [1.82, 2.24) is 9.97 Å². The van der Waals surface area contributed by atoms with E-state index < -0.39 is 29.4 Å². The highest BCUT2D eigenvalue weighted by molar-refractivity contribution is 5.90. The molecule has 0 aliphatic carbocycles. The van der Waals surface area contributed by atoms with Crippen LogP contribution in [-0.4, -0.2) is 46.2 Å². The van der Waals surface area contributed by atoms with E-state index in [9.17, 15) is 28.2 Å². The van der Waals surface area contributed by atoms with Crippen LogP contribution in [0.3, 0.4) is 0 Å². The number of carbonyl (C=O) groups is 1. The maximum atomic E-state index is 13.6. The second-order valence-corrected chi connectivity index (χ2v) is 9.06. The van der Waals surface area contributed by atoms with Crippen molar-refractivity contribution in [2.45, 2.75) is 43.9 Å². The van der Waals surface area contributed by atoms with Crippen LogP contribution in [0, 0.1) is 0 Å². The van der Waals surface area contributed by atoms with Gasteiger partial charge in [0.1, 0.15) is 23.0 Å². The van der Waals surface area contributed by atoms with Gasteiger partial charge in [0, 0.05) is 18.4 Å². The summed E-state index contributed by atoms with van der Waals surface area (Å²) in [7, 11) is 3.00. The molecule has 0 spiro atoms. The van der Waals surface area contributed by atoms with E-state index in [0.717, 1.165) is 23.1 Å². The van der Waals surface area contributed by atoms with Gasteiger partial charge in [-0.2, -0.15) is 13.2 Å². The van der Waals surface area contributed by atoms with Crippen molar-refractivity contribution < 1.29 is 37.7 Å². The van der Waals surface area contributed by atoms with Crippen molar-refractivity contribution in [1.29, 1.82) is 0 Å². The Morgan fingerprint density at radius 1 is 1.18 bits per heavy atom. The third-order valence-electron chi connectivity index (χ3n) is 6.74. The molecule has 1 amide bonds. The van der Waals surface area contributed by atoms with Crippen LogP contribution < -0.4 is 20.1 Å². The first-order chi connectivity index (χ1) is 17.9. The molecule has 12 heteroatoms. The Bertz CT molecular complexity index is 1340. The van der Waals surface area contributed by atoms with Crippen LogP contribution in [0.15, 0.2) is 42.6 Å². The van der Waals surface area contributed by atoms with E-state index in [1.165, 1.54) is 20.4 Å². The fourth-order valence-corrected chi connectivity index (χ4v) is 4.72. The zero-order chi connectivity index (χ0) is 27.8. The lowest BCUT2D eigenvalue weighted by Crippen LogP contribution is -2.61. The SMILES string of the molecule is CC[C@]1(N)C[C@H](c2ncc(O)c(Cc3cc(OC)cc(OC)c3)n2)c2cc(C(F)(F)F)ccc2N1C(=O)O. The van der Waals surface area contributed by atoms with Gasteiger partial charge < -0.3 is 25.4 Å². The number of alkyl halides is 3. The molecule has 2 atom stereocenters. The fourth-order valence-electron chi connectivity index (χ4n) is 4.72. The topological polar surface area (TPSA) is 131 Å². The predicted octanol–water partition coefficient (Wildman–Crippen LogP) is 4.89. The number of halogens is 3. The molecule has 2 heterocycles. The first kappa shape index (κ1) is 27.0. The lowest BCUT2D eigenvalue weighted by molar-refractivity contribution is -0.137. The normalized spacial score (nSPS) is 19.1. The van der Waals surface area contributed by atoms with Gasteiger partial charge in [0.05, 0.1) is 37.4 Å². The maximum Gasteiger partial charge on any atom is 0.416 e. The minimum Gasteiger partial charge on any atom is -0.504 e. The number of aromatic hydroxyl groups is 1. The van der Waals surface area contributed by atoms with Gasteiger partial charge in [-0.1, -0.05) is 6.92 Å². The molecular formula is C26H27F3N4O5. The number of carboxylic acid groups (broad SMARTS) is 1. The zero-order valence-corrected chi connectivity index (χ0v) is 20.9. The number of fused-ring (bicyclic) bond motifs is 1. The van der Waals surface area contributed by atoms with E-state index in [1.54, 1.807) is 25.1 Å². The third-order valence-corrected chi connectivity index (χ3v) is 6.74. The van der Waals surface area contributed by atoms with E-state index in [4.69, 9.17) is 15.2 Å². The summed E-state index contributed by atoms with van der Waals surface area (Å²) in [5, 5.41) is 20.4. The van der Waals surface area contributed by atoms with Crippen molar-refractivity contribution in [2.24, 2.45) is 5.73 Å². The number of hydrogen-bond acceptors (Lipinski definition) is 7. The smallest absolute Gasteiger partial charge is 0.416 e. The van der Waals surface area contributed by atoms with E-state index >= 15 is 0 Å². The standard InChI is InChI=1S/C26H27F3N4O5/c1-4-25(30)12-19(18-10-15(26(27,28)29)5-6-21(18)33(25)24(35)36)23-31-13-22(34)20(32-23)9-14-7-16(37-2)11-17(8-14)38-3/h5-8,10-11,13,19,34H,4,9,12,30H2,1-3H3,(H,35,36)/t19-,25+/m0/s1. The molecule has 0 saturated heterocycles. The molecule has 0 fully saturated rings. The van der Waals surface area contributed by atoms with Crippen molar-refractivity contribution in [2.75, 3.05) is 19.1 Å². The number of aromatic nitrogens is 2. The molecule has 1 aromatic heterocycles. The molecule has 1 aliphatic rings. The van der Waals surface area contributed by atoms with Crippen LogP contribution in [0.2, 0.25) is 0 Å². The molecule has 3 aromatic rings. The summed E-state index contributed by atoms with van der Waals surface area (Å²) in [6.45, 7) is 1.70. The van der Waals surface area contributed by atoms with Crippen molar-refractivity contribution in [3.8, 4) is 17.2 Å². The van der Waals surface area contributed by atoms with Gasteiger partial charge in [0.2, 0.25) is 0 Å². The lowest BCUT2D eigenvalue weighted by Gasteiger charge is -2.46. The number of hydrogen-bond donors (Lipinski definition) is 3. The van der Waals surface area contributed by atoms with E-state index in [-0.39, 0.29) is 47.8 Å². The Hall–Kier alpha value is -4.06. The summed E-state index contributed by atoms with van der Waals surface area (Å²) in [6.07, 6.45) is -4.60. The molecule has 2 aromatic carbocycles. The van der Waals surface area contributed by atoms with Gasteiger partial charge in [-0.25, -0.2) is 14.8 Å². The first-order valence-electron chi connectivity index (χ1n) is 11.7. The molecule has 0 saturated carbocycles. The summed E-state index contributed by atoms with van der Waals surface area (Å²) < 4.78 is 51.4. The molecule has 0 radical (unpaired) electrons. The van der Waals surface area contributed by atoms with Gasteiger partial charge in [0.15, 0.2) is 5.75 Å². The summed E-state index contributed by atoms with van der Waals surface area (Å²) >= 11 is 0. The lowest BCUT2D eigenvalue weighted by atomic mass is 9.80. The number of amides is 1. The molecule has 4 rings (SSSR count). The Labute approximate surface area is 216 Å². The number of benzene rings is 2. The predicted molar refractivity (Wildman–Crippen MR) is 132 cm³/mol. The molecule has 0 bridgehead atoms. The average molecular weight is 533 g/mol. The fraction of sp³-hybridized carbons (Fsp3) is 0.346. The zero-order valence-electron chi connectivity index (χ0n) is 20.9. The van der Waals surface area contributed by atoms with Crippen LogP contribution in [-0.2, 0) is 12.6 Å². The van der Waals surface area contributed by atoms with Crippen LogP contribution in [0.1, 0.15) is 53.9 Å². The summed E-state index contributed by atoms with van der Waals surface area (Å²) in [5.41, 5.74) is 5.18. The Morgan fingerprint density at radius 2 is 1.84 bits per heavy atom. The molecule has 1 aliphatic heterocycles. The second-order valence-electron chi connectivity index (χ2n) is 9.06. The summed E-state index contributed by atoms with van der Waals surface area (Å²) in [4.78, 5) is 21.8. The number of methoxy groups -OCH3 is 2.